The summed E-state index contributed by atoms with van der Waals surface area (Å²) in [6.45, 7) is 2.43. The number of likely N-dealkylation sites (tertiary alicyclic amines) is 1. The summed E-state index contributed by atoms with van der Waals surface area (Å²) in [5, 5.41) is 3.09. The van der Waals surface area contributed by atoms with Gasteiger partial charge in [-0.3, -0.25) is 14.7 Å². The number of primary amides is 1. The average molecular weight is 496 g/mol. The molecule has 1 aliphatic carbocycles. The Labute approximate surface area is 200 Å². The number of aromatic nitrogens is 3. The summed E-state index contributed by atoms with van der Waals surface area (Å²) in [6.07, 6.45) is 2.02. The maximum Gasteiger partial charge on any atom is 0.417 e. The van der Waals surface area contributed by atoms with Crippen molar-refractivity contribution in [3.05, 3.63) is 41.7 Å². The Morgan fingerprint density at radius 2 is 1.89 bits per heavy atom. The number of rotatable bonds is 9. The maximum absolute atomic E-state index is 15.5. The van der Waals surface area contributed by atoms with Gasteiger partial charge in [0, 0.05) is 18.8 Å². The van der Waals surface area contributed by atoms with Gasteiger partial charge in [-0.1, -0.05) is 0 Å². The van der Waals surface area contributed by atoms with Crippen LogP contribution in [0.2, 0.25) is 0 Å². The van der Waals surface area contributed by atoms with Crippen LogP contribution in [0.1, 0.15) is 43.4 Å². The molecule has 1 amide bonds. The van der Waals surface area contributed by atoms with Crippen molar-refractivity contribution >= 4 is 17.5 Å². The molecule has 0 aromatic carbocycles. The first-order chi connectivity index (χ1) is 16.7. The molecule has 35 heavy (non-hydrogen) atoms. The Hall–Kier alpha value is -3.02. The molecular formula is C23H29F4N7O. The van der Waals surface area contributed by atoms with Crippen molar-refractivity contribution in [3.63, 3.8) is 0 Å². The van der Waals surface area contributed by atoms with Crippen LogP contribution in [-0.2, 0) is 17.5 Å². The highest BCUT2D eigenvalue weighted by molar-refractivity contribution is 5.75. The summed E-state index contributed by atoms with van der Waals surface area (Å²) in [4.78, 5) is 27.1. The number of hydrogen-bond acceptors (Lipinski definition) is 7. The number of halogens is 4. The molecule has 0 radical (unpaired) electrons. The molecule has 0 spiro atoms. The minimum Gasteiger partial charge on any atom is -0.369 e. The van der Waals surface area contributed by atoms with Crippen LogP contribution in [0.3, 0.4) is 0 Å². The molecule has 1 aliphatic heterocycles. The summed E-state index contributed by atoms with van der Waals surface area (Å²) >= 11 is 0. The highest BCUT2D eigenvalue weighted by Gasteiger charge is 2.32. The lowest BCUT2D eigenvalue weighted by atomic mass is 9.91. The molecule has 12 heteroatoms. The number of carbonyl (C=O) groups is 1. The van der Waals surface area contributed by atoms with Crippen LogP contribution in [0.5, 0.6) is 0 Å². The molecule has 2 aromatic rings. The van der Waals surface area contributed by atoms with E-state index in [1.807, 2.05) is 4.90 Å². The molecule has 190 valence electrons. The number of anilines is 2. The molecule has 4 rings (SSSR count). The minimum atomic E-state index is -4.46. The van der Waals surface area contributed by atoms with Gasteiger partial charge in [-0.15, -0.1) is 0 Å². The Kier molecular flexibility index (Phi) is 7.68. The highest BCUT2D eigenvalue weighted by Crippen LogP contribution is 2.33. The van der Waals surface area contributed by atoms with E-state index in [1.165, 1.54) is 12.4 Å². The standard InChI is InChI=1S/C23H29F4N7O/c24-20-21(30-10-15-6-8-33(9-7-15)13-19(28)35)31-14-32-22(20)34(18-2-1-3-18)12-17-5-4-16(11-29-17)23(25,26)27/h4-5,11,14-15,18H,1-3,6-10,12-13H2,(H2,28,35)(H,30,31,32). The average Bonchev–Trinajstić information content (AvgIpc) is 2.77. The van der Waals surface area contributed by atoms with Gasteiger partial charge in [0.05, 0.1) is 24.3 Å². The smallest absolute Gasteiger partial charge is 0.369 e. The Morgan fingerprint density at radius 1 is 1.14 bits per heavy atom. The molecule has 1 saturated heterocycles. The third kappa shape index (κ3) is 6.36. The van der Waals surface area contributed by atoms with E-state index in [0.717, 1.165) is 57.5 Å². The number of pyridine rings is 1. The van der Waals surface area contributed by atoms with E-state index in [1.54, 1.807) is 4.90 Å². The van der Waals surface area contributed by atoms with E-state index in [0.29, 0.717) is 18.2 Å². The van der Waals surface area contributed by atoms with Gasteiger partial charge in [0.25, 0.3) is 0 Å². The Morgan fingerprint density at radius 3 is 2.46 bits per heavy atom. The van der Waals surface area contributed by atoms with Gasteiger partial charge in [-0.2, -0.15) is 17.6 Å². The molecular weight excluding hydrogens is 466 g/mol. The number of alkyl halides is 3. The van der Waals surface area contributed by atoms with Gasteiger partial charge >= 0.3 is 6.18 Å². The van der Waals surface area contributed by atoms with Crippen molar-refractivity contribution in [2.75, 3.05) is 36.4 Å². The second-order valence-corrected chi connectivity index (χ2v) is 9.18. The third-order valence-electron chi connectivity index (χ3n) is 6.69. The summed E-state index contributed by atoms with van der Waals surface area (Å²) in [5.74, 6) is -0.419. The van der Waals surface area contributed by atoms with Crippen LogP contribution < -0.4 is 16.0 Å². The molecule has 0 atom stereocenters. The lowest BCUT2D eigenvalue weighted by molar-refractivity contribution is -0.137. The number of amides is 1. The first-order valence-corrected chi connectivity index (χ1v) is 11.7. The number of piperidine rings is 1. The van der Waals surface area contributed by atoms with Crippen molar-refractivity contribution in [2.24, 2.45) is 11.7 Å². The molecule has 0 unspecified atom stereocenters. The van der Waals surface area contributed by atoms with E-state index in [4.69, 9.17) is 5.73 Å². The number of nitrogens with zero attached hydrogens (tertiary/aromatic N) is 5. The van der Waals surface area contributed by atoms with Crippen LogP contribution in [0.25, 0.3) is 0 Å². The van der Waals surface area contributed by atoms with Gasteiger partial charge in [0.15, 0.2) is 11.6 Å². The van der Waals surface area contributed by atoms with E-state index >= 15 is 4.39 Å². The molecule has 3 N–H and O–H groups in total. The first-order valence-electron chi connectivity index (χ1n) is 11.7. The third-order valence-corrected chi connectivity index (χ3v) is 6.69. The van der Waals surface area contributed by atoms with Crippen molar-refractivity contribution in [3.8, 4) is 0 Å². The van der Waals surface area contributed by atoms with Crippen molar-refractivity contribution in [1.29, 1.82) is 0 Å². The monoisotopic (exact) mass is 495 g/mol. The summed E-state index contributed by atoms with van der Waals surface area (Å²) in [7, 11) is 0. The molecule has 8 nitrogen and oxygen atoms in total. The van der Waals surface area contributed by atoms with Gasteiger partial charge in [0.1, 0.15) is 6.33 Å². The van der Waals surface area contributed by atoms with Crippen molar-refractivity contribution in [1.82, 2.24) is 19.9 Å². The molecule has 2 aliphatic rings. The van der Waals surface area contributed by atoms with Crippen LogP contribution in [0, 0.1) is 11.7 Å². The summed E-state index contributed by atoms with van der Waals surface area (Å²) in [5.41, 5.74) is 4.83. The molecule has 0 bridgehead atoms. The predicted octanol–water partition coefficient (Wildman–Crippen LogP) is 3.20. The highest BCUT2D eigenvalue weighted by atomic mass is 19.4. The second-order valence-electron chi connectivity index (χ2n) is 9.18. The SMILES string of the molecule is NC(=O)CN1CCC(CNc2ncnc(N(Cc3ccc(C(F)(F)F)cn3)C3CCC3)c2F)CC1. The quantitative estimate of drug-likeness (QED) is 0.516. The topological polar surface area (TPSA) is 100 Å². The second kappa shape index (κ2) is 10.7. The van der Waals surface area contributed by atoms with Crippen LogP contribution in [0.4, 0.5) is 29.2 Å². The number of hydrogen-bond donors (Lipinski definition) is 2. The van der Waals surface area contributed by atoms with E-state index < -0.39 is 17.6 Å². The summed E-state index contributed by atoms with van der Waals surface area (Å²) < 4.78 is 54.1. The molecule has 1 saturated carbocycles. The molecule has 2 aromatic heterocycles. The minimum absolute atomic E-state index is 0.0333. The number of carbonyl (C=O) groups excluding carboxylic acids is 1. The normalized spacial score (nSPS) is 17.7. The zero-order valence-corrected chi connectivity index (χ0v) is 19.3. The summed E-state index contributed by atoms with van der Waals surface area (Å²) in [6, 6.07) is 2.34. The maximum atomic E-state index is 15.5. The zero-order chi connectivity index (χ0) is 25.0. The van der Waals surface area contributed by atoms with Gasteiger partial charge in [0.2, 0.25) is 11.7 Å². The van der Waals surface area contributed by atoms with Gasteiger partial charge in [-0.25, -0.2) is 9.97 Å². The van der Waals surface area contributed by atoms with Gasteiger partial charge in [-0.05, 0) is 63.2 Å². The van der Waals surface area contributed by atoms with E-state index in [2.05, 4.69) is 20.3 Å². The molecule has 2 fully saturated rings. The largest absolute Gasteiger partial charge is 0.417 e. The fourth-order valence-corrected chi connectivity index (χ4v) is 4.43. The number of nitrogens with two attached hydrogens (primary N) is 1. The van der Waals surface area contributed by atoms with E-state index in [9.17, 15) is 18.0 Å². The fourth-order valence-electron chi connectivity index (χ4n) is 4.43. The Balaban J connectivity index is 1.42. The first kappa shape index (κ1) is 25.1. The lowest BCUT2D eigenvalue weighted by Crippen LogP contribution is -2.41. The predicted molar refractivity (Wildman–Crippen MR) is 122 cm³/mol. The lowest BCUT2D eigenvalue weighted by Gasteiger charge is -2.38. The van der Waals surface area contributed by atoms with Crippen LogP contribution in [0.15, 0.2) is 24.7 Å². The fraction of sp³-hybridized carbons (Fsp3) is 0.565. The number of nitrogens with one attached hydrogen (secondary N) is 1. The van der Waals surface area contributed by atoms with E-state index in [-0.39, 0.29) is 36.7 Å². The van der Waals surface area contributed by atoms with Crippen LogP contribution in [-0.4, -0.2) is 58.0 Å². The molecule has 3 heterocycles. The van der Waals surface area contributed by atoms with Gasteiger partial charge < -0.3 is 16.0 Å². The Bertz CT molecular complexity index is 1010. The van der Waals surface area contributed by atoms with Crippen LogP contribution >= 0.6 is 0 Å². The zero-order valence-electron chi connectivity index (χ0n) is 19.3. The van der Waals surface area contributed by atoms with Crippen molar-refractivity contribution < 1.29 is 22.4 Å². The van der Waals surface area contributed by atoms with Crippen molar-refractivity contribution in [2.45, 2.75) is 50.9 Å².